The van der Waals surface area contributed by atoms with Gasteiger partial charge in [-0.05, 0) is 17.7 Å². The van der Waals surface area contributed by atoms with E-state index in [0.29, 0.717) is 23.2 Å². The number of aromatic nitrogens is 4. The average molecular weight is 370 g/mol. The molecular formula is C15H11ClF3N5O. The number of hydrogen-bond acceptors (Lipinski definition) is 6. The molecule has 6 nitrogen and oxygen atoms in total. The summed E-state index contributed by atoms with van der Waals surface area (Å²) in [6, 6.07) is 3.53. The second-order valence-corrected chi connectivity index (χ2v) is 5.54. The third-order valence-electron chi connectivity index (χ3n) is 3.23. The van der Waals surface area contributed by atoms with Crippen LogP contribution in [-0.4, -0.2) is 27.0 Å². The molecule has 3 aromatic rings. The van der Waals surface area contributed by atoms with Crippen molar-refractivity contribution in [3.8, 4) is 11.3 Å². The van der Waals surface area contributed by atoms with Crippen molar-refractivity contribution in [3.05, 3.63) is 53.6 Å². The number of alkyl halides is 3. The molecule has 0 saturated heterocycles. The smallest absolute Gasteiger partial charge is 0.441 e. The number of oxazole rings is 1. The van der Waals surface area contributed by atoms with E-state index in [0.717, 1.165) is 11.8 Å². The molecule has 0 radical (unpaired) electrons. The summed E-state index contributed by atoms with van der Waals surface area (Å²) in [6.07, 6.45) is 0.653. The van der Waals surface area contributed by atoms with Gasteiger partial charge in [0.2, 0.25) is 5.95 Å². The number of hydrogen-bond donors (Lipinski definition) is 0. The van der Waals surface area contributed by atoms with Crippen LogP contribution >= 0.6 is 11.6 Å². The van der Waals surface area contributed by atoms with Crippen LogP contribution in [0.4, 0.5) is 19.1 Å². The van der Waals surface area contributed by atoms with Crippen molar-refractivity contribution >= 4 is 17.5 Å². The molecule has 3 rings (SSSR count). The summed E-state index contributed by atoms with van der Waals surface area (Å²) < 4.78 is 42.0. The molecule has 0 atom stereocenters. The van der Waals surface area contributed by atoms with Crippen molar-refractivity contribution in [1.29, 1.82) is 0 Å². The van der Waals surface area contributed by atoms with Crippen molar-refractivity contribution in [2.24, 2.45) is 0 Å². The Morgan fingerprint density at radius 2 is 1.92 bits per heavy atom. The van der Waals surface area contributed by atoms with Crippen LogP contribution in [0, 0.1) is 0 Å². The zero-order valence-electron chi connectivity index (χ0n) is 12.8. The van der Waals surface area contributed by atoms with Crippen molar-refractivity contribution in [1.82, 2.24) is 19.9 Å². The van der Waals surface area contributed by atoms with Crippen LogP contribution in [0.2, 0.25) is 5.15 Å². The molecule has 10 heteroatoms. The van der Waals surface area contributed by atoms with E-state index < -0.39 is 12.1 Å². The number of rotatable bonds is 4. The van der Waals surface area contributed by atoms with E-state index in [1.165, 1.54) is 12.4 Å². The van der Waals surface area contributed by atoms with Gasteiger partial charge in [0.25, 0.3) is 0 Å². The first-order valence-corrected chi connectivity index (χ1v) is 7.37. The quantitative estimate of drug-likeness (QED) is 0.651. The maximum absolute atomic E-state index is 12.5. The highest BCUT2D eigenvalue weighted by molar-refractivity contribution is 6.29. The van der Waals surface area contributed by atoms with E-state index in [1.54, 1.807) is 24.2 Å². The highest BCUT2D eigenvalue weighted by Gasteiger charge is 2.37. The first kappa shape index (κ1) is 17.2. The molecule has 0 spiro atoms. The summed E-state index contributed by atoms with van der Waals surface area (Å²) in [4.78, 5) is 17.4. The van der Waals surface area contributed by atoms with Crippen molar-refractivity contribution < 1.29 is 17.6 Å². The van der Waals surface area contributed by atoms with Crippen LogP contribution in [0.25, 0.3) is 11.3 Å². The minimum absolute atomic E-state index is 0.0162. The first-order chi connectivity index (χ1) is 11.8. The zero-order valence-corrected chi connectivity index (χ0v) is 13.6. The fourth-order valence-electron chi connectivity index (χ4n) is 2.07. The van der Waals surface area contributed by atoms with E-state index in [9.17, 15) is 13.2 Å². The lowest BCUT2D eigenvalue weighted by molar-refractivity contribution is -0.157. The third-order valence-corrected chi connectivity index (χ3v) is 3.44. The van der Waals surface area contributed by atoms with Gasteiger partial charge in [-0.1, -0.05) is 11.6 Å². The molecule has 3 aromatic heterocycles. The molecule has 0 fully saturated rings. The van der Waals surface area contributed by atoms with Crippen LogP contribution in [0.15, 0.2) is 41.4 Å². The largest absolute Gasteiger partial charge is 0.468 e. The Morgan fingerprint density at radius 3 is 2.52 bits per heavy atom. The van der Waals surface area contributed by atoms with E-state index in [2.05, 4.69) is 24.4 Å². The predicted octanol–water partition coefficient (Wildman–Crippen LogP) is 3.84. The van der Waals surface area contributed by atoms with Crippen molar-refractivity contribution in [2.75, 3.05) is 11.9 Å². The number of pyridine rings is 1. The number of nitrogens with zero attached hydrogens (tertiary/aromatic N) is 5. The zero-order chi connectivity index (χ0) is 18.0. The fraction of sp³-hybridized carbons (Fsp3) is 0.200. The molecule has 0 aromatic carbocycles. The Balaban J connectivity index is 1.74. The molecular weight excluding hydrogens is 359 g/mol. The second-order valence-electron chi connectivity index (χ2n) is 5.15. The van der Waals surface area contributed by atoms with Gasteiger partial charge in [-0.15, -0.1) is 0 Å². The normalized spacial score (nSPS) is 11.6. The molecule has 0 N–H and O–H groups in total. The van der Waals surface area contributed by atoms with Gasteiger partial charge in [0.1, 0.15) is 17.1 Å². The molecule has 0 amide bonds. The van der Waals surface area contributed by atoms with Gasteiger partial charge in [0.15, 0.2) is 0 Å². The van der Waals surface area contributed by atoms with Gasteiger partial charge in [0.05, 0.1) is 0 Å². The van der Waals surface area contributed by atoms with Crippen LogP contribution in [0.5, 0.6) is 0 Å². The van der Waals surface area contributed by atoms with Crippen LogP contribution in [0.1, 0.15) is 11.5 Å². The first-order valence-electron chi connectivity index (χ1n) is 6.99. The van der Waals surface area contributed by atoms with Gasteiger partial charge in [-0.25, -0.2) is 19.9 Å². The number of halogens is 4. The average Bonchev–Trinajstić information content (AvgIpc) is 3.05. The highest BCUT2D eigenvalue weighted by Crippen LogP contribution is 2.30. The van der Waals surface area contributed by atoms with Crippen LogP contribution in [-0.2, 0) is 12.7 Å². The Hall–Kier alpha value is -2.68. The molecule has 0 saturated carbocycles. The van der Waals surface area contributed by atoms with E-state index in [4.69, 9.17) is 11.6 Å². The SMILES string of the molecule is CN(Cc1ccnc(Cl)c1)c1ncc(-c2coc(C(F)(F)F)n2)cn1. The monoisotopic (exact) mass is 369 g/mol. The summed E-state index contributed by atoms with van der Waals surface area (Å²) in [7, 11) is 1.78. The fourth-order valence-corrected chi connectivity index (χ4v) is 2.27. The second kappa shape index (κ2) is 6.67. The Bertz CT molecular complexity index is 866. The summed E-state index contributed by atoms with van der Waals surface area (Å²) >= 11 is 5.84. The molecule has 3 heterocycles. The molecule has 0 unspecified atom stereocenters. The Kier molecular flexibility index (Phi) is 4.58. The van der Waals surface area contributed by atoms with Gasteiger partial charge in [-0.2, -0.15) is 13.2 Å². The molecule has 0 bridgehead atoms. The van der Waals surface area contributed by atoms with E-state index in [-0.39, 0.29) is 5.69 Å². The maximum Gasteiger partial charge on any atom is 0.468 e. The van der Waals surface area contributed by atoms with Crippen LogP contribution < -0.4 is 4.90 Å². The standard InChI is InChI=1S/C15H11ClF3N5O/c1-24(7-9-2-3-20-12(16)4-9)14-21-5-10(6-22-14)11-8-25-13(23-11)15(17,18)19/h2-6,8H,7H2,1H3. The predicted molar refractivity (Wildman–Crippen MR) is 83.9 cm³/mol. The van der Waals surface area contributed by atoms with Gasteiger partial charge < -0.3 is 9.32 Å². The maximum atomic E-state index is 12.5. The lowest BCUT2D eigenvalue weighted by atomic mass is 10.2. The third kappa shape index (κ3) is 4.05. The Morgan fingerprint density at radius 1 is 1.20 bits per heavy atom. The van der Waals surface area contributed by atoms with Crippen LogP contribution in [0.3, 0.4) is 0 Å². The molecule has 0 aliphatic rings. The summed E-state index contributed by atoms with van der Waals surface area (Å²) in [6.45, 7) is 0.490. The molecule has 130 valence electrons. The molecule has 0 aliphatic carbocycles. The summed E-state index contributed by atoms with van der Waals surface area (Å²) in [5, 5.41) is 0.383. The Labute approximate surface area is 145 Å². The van der Waals surface area contributed by atoms with Crippen molar-refractivity contribution in [2.45, 2.75) is 12.7 Å². The molecule has 25 heavy (non-hydrogen) atoms. The minimum Gasteiger partial charge on any atom is -0.441 e. The molecule has 0 aliphatic heterocycles. The lowest BCUT2D eigenvalue weighted by Crippen LogP contribution is -2.19. The topological polar surface area (TPSA) is 67.9 Å². The van der Waals surface area contributed by atoms with E-state index >= 15 is 0 Å². The van der Waals surface area contributed by atoms with E-state index in [1.807, 2.05) is 6.07 Å². The minimum atomic E-state index is -4.63. The highest BCUT2D eigenvalue weighted by atomic mass is 35.5. The van der Waals surface area contributed by atoms with Gasteiger partial charge in [0, 0.05) is 37.7 Å². The van der Waals surface area contributed by atoms with Gasteiger partial charge >= 0.3 is 12.1 Å². The summed E-state index contributed by atoms with van der Waals surface area (Å²) in [5.74, 6) is -0.908. The summed E-state index contributed by atoms with van der Waals surface area (Å²) in [5.41, 5.74) is 1.26. The lowest BCUT2D eigenvalue weighted by Gasteiger charge is -2.16. The van der Waals surface area contributed by atoms with Gasteiger partial charge in [-0.3, -0.25) is 0 Å². The number of anilines is 1. The van der Waals surface area contributed by atoms with Crippen molar-refractivity contribution in [3.63, 3.8) is 0 Å².